The molecule has 6 nitrogen and oxygen atoms in total. The van der Waals surface area contributed by atoms with Crippen molar-refractivity contribution in [3.05, 3.63) is 51.9 Å². The summed E-state index contributed by atoms with van der Waals surface area (Å²) in [4.78, 5) is 29.8. The third-order valence-electron chi connectivity index (χ3n) is 4.57. The van der Waals surface area contributed by atoms with Gasteiger partial charge in [0.15, 0.2) is 5.16 Å². The number of para-hydroxylation sites is 1. The summed E-state index contributed by atoms with van der Waals surface area (Å²) in [6, 6.07) is 9.18. The van der Waals surface area contributed by atoms with Gasteiger partial charge in [-0.25, -0.2) is 4.98 Å². The Morgan fingerprint density at radius 2 is 2.11 bits per heavy atom. The fraction of sp³-hybridized carbons (Fsp3) is 0.450. The van der Waals surface area contributed by atoms with Crippen molar-refractivity contribution in [3.63, 3.8) is 0 Å². The molecule has 0 saturated heterocycles. The van der Waals surface area contributed by atoms with E-state index < -0.39 is 0 Å². The van der Waals surface area contributed by atoms with Gasteiger partial charge in [0.2, 0.25) is 5.91 Å². The van der Waals surface area contributed by atoms with Gasteiger partial charge in [-0.05, 0) is 6.07 Å². The minimum absolute atomic E-state index is 0.0640. The molecule has 0 fully saturated rings. The fourth-order valence-electron chi connectivity index (χ4n) is 2.93. The Balaban J connectivity index is 1.70. The molecule has 27 heavy (non-hydrogen) atoms. The number of methoxy groups -OCH3 is 1. The standard InChI is InChI=1S/C20H25N3O3S/c1-20(2,3)16-9-17(24)23-11-14(12-27-19(23)22-16)18(25)21-10-13-7-5-6-8-15(13)26-4/h5-9,14H,10-12H2,1-4H3,(H,21,25)/t14-/m0/s1. The van der Waals surface area contributed by atoms with Crippen LogP contribution in [0.25, 0.3) is 0 Å². The average molecular weight is 388 g/mol. The number of carbonyl (C=O) groups excluding carboxylic acids is 1. The molecular formula is C20H25N3O3S. The number of carbonyl (C=O) groups is 1. The monoisotopic (exact) mass is 387 g/mol. The molecule has 2 aromatic rings. The molecule has 2 heterocycles. The quantitative estimate of drug-likeness (QED) is 0.817. The molecule has 1 aliphatic heterocycles. The lowest BCUT2D eigenvalue weighted by Gasteiger charge is -2.26. The van der Waals surface area contributed by atoms with Crippen molar-refractivity contribution in [2.24, 2.45) is 5.92 Å². The number of amides is 1. The van der Waals surface area contributed by atoms with Gasteiger partial charge in [-0.2, -0.15) is 0 Å². The van der Waals surface area contributed by atoms with E-state index in [4.69, 9.17) is 4.74 Å². The Labute approximate surface area is 163 Å². The van der Waals surface area contributed by atoms with Crippen LogP contribution in [0, 0.1) is 5.92 Å². The second-order valence-corrected chi connectivity index (χ2v) is 8.65. The molecular weight excluding hydrogens is 362 g/mol. The third-order valence-corrected chi connectivity index (χ3v) is 5.71. The van der Waals surface area contributed by atoms with E-state index >= 15 is 0 Å². The summed E-state index contributed by atoms with van der Waals surface area (Å²) in [5, 5.41) is 3.66. The maximum Gasteiger partial charge on any atom is 0.254 e. The van der Waals surface area contributed by atoms with Crippen molar-refractivity contribution >= 4 is 17.7 Å². The zero-order valence-electron chi connectivity index (χ0n) is 16.1. The van der Waals surface area contributed by atoms with Gasteiger partial charge in [0.05, 0.1) is 18.7 Å². The first-order valence-electron chi connectivity index (χ1n) is 8.94. The number of aromatic nitrogens is 2. The van der Waals surface area contributed by atoms with Crippen molar-refractivity contribution < 1.29 is 9.53 Å². The van der Waals surface area contributed by atoms with Crippen molar-refractivity contribution in [2.75, 3.05) is 12.9 Å². The predicted octanol–water partition coefficient (Wildman–Crippen LogP) is 2.59. The van der Waals surface area contributed by atoms with E-state index in [2.05, 4.69) is 10.3 Å². The molecule has 1 N–H and O–H groups in total. The first kappa shape index (κ1) is 19.5. The van der Waals surface area contributed by atoms with Crippen molar-refractivity contribution in [1.29, 1.82) is 0 Å². The minimum Gasteiger partial charge on any atom is -0.496 e. The van der Waals surface area contributed by atoms with E-state index in [1.165, 1.54) is 11.8 Å². The lowest BCUT2D eigenvalue weighted by Crippen LogP contribution is -2.40. The van der Waals surface area contributed by atoms with Crippen LogP contribution in [0.4, 0.5) is 0 Å². The van der Waals surface area contributed by atoms with Crippen LogP contribution in [0.15, 0.2) is 40.3 Å². The Hall–Kier alpha value is -2.28. The molecule has 1 aromatic carbocycles. The number of benzene rings is 1. The summed E-state index contributed by atoms with van der Waals surface area (Å²) in [5.74, 6) is 1.02. The second kappa shape index (κ2) is 7.76. The van der Waals surface area contributed by atoms with Crippen LogP contribution in [-0.4, -0.2) is 28.3 Å². The highest BCUT2D eigenvalue weighted by atomic mass is 32.2. The summed E-state index contributed by atoms with van der Waals surface area (Å²) in [7, 11) is 1.61. The maximum absolute atomic E-state index is 12.6. The van der Waals surface area contributed by atoms with Crippen LogP contribution >= 0.6 is 11.8 Å². The average Bonchev–Trinajstić information content (AvgIpc) is 2.65. The second-order valence-electron chi connectivity index (χ2n) is 7.66. The molecule has 1 amide bonds. The number of fused-ring (bicyclic) bond motifs is 1. The zero-order chi connectivity index (χ0) is 19.6. The van der Waals surface area contributed by atoms with Crippen LogP contribution < -0.4 is 15.6 Å². The van der Waals surface area contributed by atoms with E-state index in [1.54, 1.807) is 17.7 Å². The van der Waals surface area contributed by atoms with Gasteiger partial charge in [-0.1, -0.05) is 50.7 Å². The summed E-state index contributed by atoms with van der Waals surface area (Å²) in [6.07, 6.45) is 0. The van der Waals surface area contributed by atoms with Crippen LogP contribution in [0.1, 0.15) is 32.0 Å². The highest BCUT2D eigenvalue weighted by molar-refractivity contribution is 7.99. The third kappa shape index (κ3) is 4.35. The van der Waals surface area contributed by atoms with E-state index in [-0.39, 0.29) is 22.8 Å². The summed E-state index contributed by atoms with van der Waals surface area (Å²) < 4.78 is 6.92. The van der Waals surface area contributed by atoms with E-state index in [9.17, 15) is 9.59 Å². The topological polar surface area (TPSA) is 73.2 Å². The summed E-state index contributed by atoms with van der Waals surface area (Å²) in [6.45, 7) is 6.86. The predicted molar refractivity (Wildman–Crippen MR) is 106 cm³/mol. The summed E-state index contributed by atoms with van der Waals surface area (Å²) in [5.41, 5.74) is 1.42. The highest BCUT2D eigenvalue weighted by Crippen LogP contribution is 2.28. The first-order valence-corrected chi connectivity index (χ1v) is 9.93. The molecule has 0 unspecified atom stereocenters. The molecule has 0 radical (unpaired) electrons. The highest BCUT2D eigenvalue weighted by Gasteiger charge is 2.28. The Morgan fingerprint density at radius 3 is 2.81 bits per heavy atom. The molecule has 1 aromatic heterocycles. The molecule has 0 saturated carbocycles. The number of rotatable bonds is 4. The number of ether oxygens (including phenoxy) is 1. The van der Waals surface area contributed by atoms with E-state index in [0.717, 1.165) is 17.0 Å². The normalized spacial score (nSPS) is 16.5. The van der Waals surface area contributed by atoms with Crippen LogP contribution in [0.3, 0.4) is 0 Å². The summed E-state index contributed by atoms with van der Waals surface area (Å²) >= 11 is 1.47. The Morgan fingerprint density at radius 1 is 1.37 bits per heavy atom. The SMILES string of the molecule is COc1ccccc1CNC(=O)[C@@H]1CSc2nc(C(C)(C)C)cc(=O)n2C1. The molecule has 7 heteroatoms. The van der Waals surface area contributed by atoms with Gasteiger partial charge in [-0.15, -0.1) is 0 Å². The zero-order valence-corrected chi connectivity index (χ0v) is 16.9. The fourth-order valence-corrected chi connectivity index (χ4v) is 4.02. The molecule has 1 aliphatic rings. The molecule has 0 spiro atoms. The van der Waals surface area contributed by atoms with Gasteiger partial charge < -0.3 is 10.1 Å². The number of thioether (sulfide) groups is 1. The Bertz CT molecular complexity index is 902. The van der Waals surface area contributed by atoms with E-state index in [0.29, 0.717) is 24.0 Å². The minimum atomic E-state index is -0.266. The molecule has 1 atom stereocenters. The van der Waals surface area contributed by atoms with E-state index in [1.807, 2.05) is 45.0 Å². The molecule has 0 aliphatic carbocycles. The largest absolute Gasteiger partial charge is 0.496 e. The number of hydrogen-bond acceptors (Lipinski definition) is 5. The molecule has 0 bridgehead atoms. The van der Waals surface area contributed by atoms with Crippen molar-refractivity contribution in [1.82, 2.24) is 14.9 Å². The van der Waals surface area contributed by atoms with Gasteiger partial charge in [0.25, 0.3) is 5.56 Å². The van der Waals surface area contributed by atoms with Gasteiger partial charge in [0.1, 0.15) is 5.75 Å². The number of nitrogens with one attached hydrogen (secondary N) is 1. The van der Waals surface area contributed by atoms with Gasteiger partial charge >= 0.3 is 0 Å². The van der Waals surface area contributed by atoms with Crippen LogP contribution in [0.2, 0.25) is 0 Å². The smallest absolute Gasteiger partial charge is 0.254 e. The van der Waals surface area contributed by atoms with Gasteiger partial charge in [-0.3, -0.25) is 14.2 Å². The van der Waals surface area contributed by atoms with Crippen LogP contribution in [-0.2, 0) is 23.3 Å². The van der Waals surface area contributed by atoms with Crippen molar-refractivity contribution in [3.8, 4) is 5.75 Å². The number of hydrogen-bond donors (Lipinski definition) is 1. The maximum atomic E-state index is 12.6. The number of nitrogens with zero attached hydrogens (tertiary/aromatic N) is 2. The Kier molecular flexibility index (Phi) is 5.60. The van der Waals surface area contributed by atoms with Crippen LogP contribution in [0.5, 0.6) is 5.75 Å². The lowest BCUT2D eigenvalue weighted by molar-refractivity contribution is -0.125. The van der Waals surface area contributed by atoms with Gasteiger partial charge in [0, 0.05) is 35.9 Å². The molecule has 3 rings (SSSR count). The molecule has 144 valence electrons. The lowest BCUT2D eigenvalue weighted by atomic mass is 9.92. The first-order chi connectivity index (χ1) is 12.8. The van der Waals surface area contributed by atoms with Crippen molar-refractivity contribution in [2.45, 2.75) is 44.4 Å².